The Hall–Kier alpha value is -4.44. The van der Waals surface area contributed by atoms with Crippen molar-refractivity contribution in [2.24, 2.45) is 4.99 Å². The lowest BCUT2D eigenvalue weighted by atomic mass is 10.0. The molecule has 1 aliphatic rings. The molecule has 0 radical (unpaired) electrons. The summed E-state index contributed by atoms with van der Waals surface area (Å²) in [6.45, 7) is 10.5. The van der Waals surface area contributed by atoms with Crippen molar-refractivity contribution in [3.63, 3.8) is 0 Å². The fraction of sp³-hybridized carbons (Fsp3) is 0.314. The third-order valence-corrected chi connectivity index (χ3v) is 7.15. The van der Waals surface area contributed by atoms with E-state index in [0.29, 0.717) is 12.2 Å². The Morgan fingerprint density at radius 2 is 1.42 bits per heavy atom. The third kappa shape index (κ3) is 9.28. The predicted octanol–water partition coefficient (Wildman–Crippen LogP) is 7.69. The van der Waals surface area contributed by atoms with Crippen LogP contribution in [0.5, 0.6) is 0 Å². The maximum atomic E-state index is 14.0. The van der Waals surface area contributed by atoms with Crippen molar-refractivity contribution in [2.45, 2.75) is 65.3 Å². The number of hydrogen-bond acceptors (Lipinski definition) is 5. The van der Waals surface area contributed by atoms with Crippen molar-refractivity contribution < 1.29 is 23.9 Å². The Bertz CT molecular complexity index is 1580. The molecule has 0 bridgehead atoms. The molecule has 1 N–H and O–H groups in total. The fourth-order valence-electron chi connectivity index (χ4n) is 4.67. The molecule has 0 aliphatic carbocycles. The van der Waals surface area contributed by atoms with Crippen molar-refractivity contribution >= 4 is 46.1 Å². The van der Waals surface area contributed by atoms with Gasteiger partial charge in [0.2, 0.25) is 11.9 Å². The van der Waals surface area contributed by atoms with E-state index >= 15 is 0 Å². The van der Waals surface area contributed by atoms with Crippen LogP contribution in [-0.4, -0.2) is 51.6 Å². The molecular formula is C35H39BrN4O5. The Morgan fingerprint density at radius 1 is 0.844 bits per heavy atom. The number of benzene rings is 3. The minimum atomic E-state index is -0.910. The zero-order chi connectivity index (χ0) is 32.8. The molecular weight excluding hydrogens is 636 g/mol. The van der Waals surface area contributed by atoms with Gasteiger partial charge in [-0.15, -0.1) is 4.99 Å². The number of carbonyl (C=O) groups excluding carboxylic acids is 3. The topological polar surface area (TPSA) is 101 Å². The average molecular weight is 676 g/mol. The van der Waals surface area contributed by atoms with Gasteiger partial charge in [0, 0.05) is 11.0 Å². The Morgan fingerprint density at radius 3 is 2.02 bits per heavy atom. The van der Waals surface area contributed by atoms with E-state index in [1.54, 1.807) is 46.4 Å². The lowest BCUT2D eigenvalue weighted by Crippen LogP contribution is -2.44. The SMILES string of the molecule is CC(C)(C)OC(=O)/N=C1\N(C(=O)OC(C)(C)C)/C(=C\c2ccccc2)C(c2ccccc2Br)N1CC(=O)NCc1ccccc1. The molecule has 3 aromatic rings. The summed E-state index contributed by atoms with van der Waals surface area (Å²) < 4.78 is 12.1. The maximum absolute atomic E-state index is 14.0. The Labute approximate surface area is 273 Å². The molecule has 236 valence electrons. The fourth-order valence-corrected chi connectivity index (χ4v) is 5.17. The van der Waals surface area contributed by atoms with E-state index in [2.05, 4.69) is 26.2 Å². The summed E-state index contributed by atoms with van der Waals surface area (Å²) in [7, 11) is 0. The highest BCUT2D eigenvalue weighted by molar-refractivity contribution is 9.10. The van der Waals surface area contributed by atoms with Gasteiger partial charge >= 0.3 is 12.2 Å². The number of ether oxygens (including phenoxy) is 2. The van der Waals surface area contributed by atoms with Crippen LogP contribution in [0, 0.1) is 0 Å². The van der Waals surface area contributed by atoms with E-state index in [4.69, 9.17) is 9.47 Å². The molecule has 1 saturated heterocycles. The highest BCUT2D eigenvalue weighted by Crippen LogP contribution is 2.43. The van der Waals surface area contributed by atoms with Crippen LogP contribution in [0.3, 0.4) is 0 Å². The summed E-state index contributed by atoms with van der Waals surface area (Å²) in [5.41, 5.74) is 1.20. The number of rotatable bonds is 6. The first-order valence-corrected chi connectivity index (χ1v) is 15.4. The molecule has 1 heterocycles. The first-order valence-electron chi connectivity index (χ1n) is 14.6. The molecule has 4 rings (SSSR count). The van der Waals surface area contributed by atoms with E-state index in [9.17, 15) is 14.4 Å². The van der Waals surface area contributed by atoms with Gasteiger partial charge in [0.15, 0.2) is 0 Å². The van der Waals surface area contributed by atoms with Crippen molar-refractivity contribution in [1.29, 1.82) is 0 Å². The van der Waals surface area contributed by atoms with Gasteiger partial charge in [-0.2, -0.15) is 0 Å². The summed E-state index contributed by atoms with van der Waals surface area (Å²) in [4.78, 5) is 48.1. The second-order valence-corrected chi connectivity index (χ2v) is 13.4. The maximum Gasteiger partial charge on any atom is 0.437 e. The number of carbonyl (C=O) groups is 3. The molecule has 1 aliphatic heterocycles. The monoisotopic (exact) mass is 674 g/mol. The van der Waals surface area contributed by atoms with Crippen molar-refractivity contribution in [2.75, 3.05) is 6.54 Å². The van der Waals surface area contributed by atoms with Gasteiger partial charge in [-0.1, -0.05) is 94.8 Å². The minimum absolute atomic E-state index is 0.0868. The molecule has 0 aromatic heterocycles. The van der Waals surface area contributed by atoms with E-state index in [1.165, 1.54) is 4.90 Å². The second-order valence-electron chi connectivity index (χ2n) is 12.5. The number of guanidine groups is 1. The predicted molar refractivity (Wildman–Crippen MR) is 178 cm³/mol. The van der Waals surface area contributed by atoms with Gasteiger partial charge in [0.05, 0.1) is 11.7 Å². The quantitative estimate of drug-likeness (QED) is 0.288. The van der Waals surface area contributed by atoms with Gasteiger partial charge < -0.3 is 19.7 Å². The highest BCUT2D eigenvalue weighted by Gasteiger charge is 2.47. The molecule has 0 spiro atoms. The van der Waals surface area contributed by atoms with Gasteiger partial charge in [-0.3, -0.25) is 4.79 Å². The van der Waals surface area contributed by atoms with Gasteiger partial charge in [0.25, 0.3) is 0 Å². The van der Waals surface area contributed by atoms with Crippen LogP contribution < -0.4 is 5.32 Å². The molecule has 1 unspecified atom stereocenters. The Balaban J connectivity index is 1.91. The summed E-state index contributed by atoms with van der Waals surface area (Å²) in [5, 5.41) is 2.95. The van der Waals surface area contributed by atoms with Crippen molar-refractivity contribution in [1.82, 2.24) is 15.1 Å². The van der Waals surface area contributed by atoms with E-state index in [0.717, 1.165) is 21.2 Å². The molecule has 0 saturated carbocycles. The van der Waals surface area contributed by atoms with Crippen LogP contribution in [0.25, 0.3) is 6.08 Å². The normalized spacial score (nSPS) is 17.0. The van der Waals surface area contributed by atoms with E-state index in [-0.39, 0.29) is 18.4 Å². The molecule has 1 atom stereocenters. The summed E-state index contributed by atoms with van der Waals surface area (Å²) in [5.74, 6) is -0.422. The van der Waals surface area contributed by atoms with Gasteiger partial charge in [-0.25, -0.2) is 14.5 Å². The average Bonchev–Trinajstić information content (AvgIpc) is 3.23. The zero-order valence-corrected chi connectivity index (χ0v) is 28.0. The molecule has 3 aromatic carbocycles. The van der Waals surface area contributed by atoms with Crippen LogP contribution >= 0.6 is 15.9 Å². The van der Waals surface area contributed by atoms with Gasteiger partial charge in [0.1, 0.15) is 17.7 Å². The third-order valence-electron chi connectivity index (χ3n) is 6.43. The van der Waals surface area contributed by atoms with Gasteiger partial charge in [-0.05, 0) is 70.4 Å². The van der Waals surface area contributed by atoms with E-state index < -0.39 is 29.4 Å². The summed E-state index contributed by atoms with van der Waals surface area (Å²) in [6.07, 6.45) is 0.171. The number of nitrogens with zero attached hydrogens (tertiary/aromatic N) is 3. The number of aliphatic imine (C=N–C) groups is 1. The van der Waals surface area contributed by atoms with E-state index in [1.807, 2.05) is 91.0 Å². The van der Waals surface area contributed by atoms with Crippen LogP contribution in [0.4, 0.5) is 9.59 Å². The van der Waals surface area contributed by atoms with Crippen molar-refractivity contribution in [3.8, 4) is 0 Å². The molecule has 3 amide bonds. The number of nitrogens with one attached hydrogen (secondary N) is 1. The highest BCUT2D eigenvalue weighted by atomic mass is 79.9. The van der Waals surface area contributed by atoms with Crippen molar-refractivity contribution in [3.05, 3.63) is 112 Å². The largest absolute Gasteiger partial charge is 0.443 e. The Kier molecular flexibility index (Phi) is 10.5. The molecule has 1 fully saturated rings. The number of halogens is 1. The number of amides is 3. The summed E-state index contributed by atoms with van der Waals surface area (Å²) >= 11 is 3.67. The standard InChI is InChI=1S/C35H39BrN4O5/c1-34(2,3)44-32(42)38-31-39(23-29(41)37-22-25-17-11-8-12-18-25)30(26-19-13-14-20-27(26)36)28(21-24-15-9-7-10-16-24)40(31)33(43)45-35(4,5)6/h7-21,30H,22-23H2,1-6H3,(H,37,41)/b28-21-,38-31-. The van der Waals surface area contributed by atoms with Crippen LogP contribution in [0.15, 0.2) is 100 Å². The minimum Gasteiger partial charge on any atom is -0.443 e. The lowest BCUT2D eigenvalue weighted by Gasteiger charge is -2.26. The van der Waals surface area contributed by atoms with Crippen LogP contribution in [0.2, 0.25) is 0 Å². The number of hydrogen-bond donors (Lipinski definition) is 1. The summed E-state index contributed by atoms with van der Waals surface area (Å²) in [6, 6.07) is 25.8. The first-order chi connectivity index (χ1) is 21.2. The zero-order valence-electron chi connectivity index (χ0n) is 26.4. The second kappa shape index (κ2) is 14.1. The molecule has 45 heavy (non-hydrogen) atoms. The molecule has 9 nitrogen and oxygen atoms in total. The van der Waals surface area contributed by atoms with Crippen LogP contribution in [-0.2, 0) is 20.8 Å². The molecule has 10 heteroatoms. The first kappa shape index (κ1) is 33.5. The smallest absolute Gasteiger partial charge is 0.437 e. The lowest BCUT2D eigenvalue weighted by molar-refractivity contribution is -0.121. The van der Waals surface area contributed by atoms with Crippen LogP contribution in [0.1, 0.15) is 64.3 Å².